The number of nitrogens with two attached hydrogens (primary N) is 1. The van der Waals surface area contributed by atoms with Gasteiger partial charge in [0.25, 0.3) is 0 Å². The molecule has 1 unspecified atom stereocenters. The number of aromatic nitrogens is 1. The van der Waals surface area contributed by atoms with E-state index in [1.54, 1.807) is 10.9 Å². The zero-order chi connectivity index (χ0) is 13.1. The molecule has 0 fully saturated rings. The third-order valence-electron chi connectivity index (χ3n) is 2.21. The molecule has 0 bridgehead atoms. The first-order chi connectivity index (χ1) is 7.75. The molecule has 1 heterocycles. The number of rotatable bonds is 4. The summed E-state index contributed by atoms with van der Waals surface area (Å²) in [5.74, 6) is -1.24. The van der Waals surface area contributed by atoms with E-state index in [9.17, 15) is 18.0 Å². The standard InChI is InChI=1S/C9H12F3N3OS/c1-8(13,9(10,11)12)7(16)14-3-2-6-4-17-5-15-6/h4-5H,2-3,13H2,1H3,(H,14,16). The van der Waals surface area contributed by atoms with Gasteiger partial charge in [0.1, 0.15) is 0 Å². The van der Waals surface area contributed by atoms with Crippen molar-refractivity contribution in [2.75, 3.05) is 6.54 Å². The molecular formula is C9H12F3N3OS. The van der Waals surface area contributed by atoms with E-state index in [1.165, 1.54) is 11.3 Å². The maximum Gasteiger partial charge on any atom is 0.415 e. The number of carbonyl (C=O) groups is 1. The van der Waals surface area contributed by atoms with Gasteiger partial charge < -0.3 is 11.1 Å². The summed E-state index contributed by atoms with van der Waals surface area (Å²) in [5.41, 5.74) is 4.41. The largest absolute Gasteiger partial charge is 0.415 e. The van der Waals surface area contributed by atoms with E-state index in [4.69, 9.17) is 5.73 Å². The lowest BCUT2D eigenvalue weighted by Crippen LogP contribution is -2.61. The smallest absolute Gasteiger partial charge is 0.354 e. The van der Waals surface area contributed by atoms with Crippen LogP contribution in [0.5, 0.6) is 0 Å². The molecule has 1 amide bonds. The minimum atomic E-state index is -4.77. The summed E-state index contributed by atoms with van der Waals surface area (Å²) in [6, 6.07) is 0. The average Bonchev–Trinajstić information content (AvgIpc) is 2.68. The molecular weight excluding hydrogens is 255 g/mol. The first kappa shape index (κ1) is 13.9. The van der Waals surface area contributed by atoms with Crippen molar-refractivity contribution in [1.29, 1.82) is 0 Å². The molecule has 0 saturated carbocycles. The lowest BCUT2D eigenvalue weighted by atomic mass is 10.0. The first-order valence-corrected chi connectivity index (χ1v) is 5.70. The van der Waals surface area contributed by atoms with E-state index in [0.717, 1.165) is 5.69 Å². The Morgan fingerprint density at radius 1 is 1.59 bits per heavy atom. The molecule has 1 aromatic rings. The summed E-state index contributed by atoms with van der Waals surface area (Å²) >= 11 is 1.38. The fraction of sp³-hybridized carbons (Fsp3) is 0.556. The predicted molar refractivity (Wildman–Crippen MR) is 57.5 cm³/mol. The number of alkyl halides is 3. The van der Waals surface area contributed by atoms with Gasteiger partial charge in [0.05, 0.1) is 11.2 Å². The Hall–Kier alpha value is -1.15. The van der Waals surface area contributed by atoms with Gasteiger partial charge in [-0.1, -0.05) is 0 Å². The van der Waals surface area contributed by atoms with Crippen molar-refractivity contribution < 1.29 is 18.0 Å². The number of hydrogen-bond donors (Lipinski definition) is 2. The summed E-state index contributed by atoms with van der Waals surface area (Å²) in [7, 11) is 0. The van der Waals surface area contributed by atoms with Crippen molar-refractivity contribution >= 4 is 17.2 Å². The minimum absolute atomic E-state index is 0.0748. The highest BCUT2D eigenvalue weighted by Gasteiger charge is 2.53. The monoisotopic (exact) mass is 267 g/mol. The molecule has 0 aliphatic heterocycles. The van der Waals surface area contributed by atoms with E-state index in [2.05, 4.69) is 10.3 Å². The molecule has 0 saturated heterocycles. The Labute approximate surface area is 100 Å². The first-order valence-electron chi connectivity index (χ1n) is 4.76. The van der Waals surface area contributed by atoms with Crippen LogP contribution in [0.25, 0.3) is 0 Å². The van der Waals surface area contributed by atoms with Gasteiger partial charge in [0.15, 0.2) is 5.54 Å². The molecule has 96 valence electrons. The summed E-state index contributed by atoms with van der Waals surface area (Å²) in [5, 5.41) is 3.91. The van der Waals surface area contributed by atoms with Crippen LogP contribution in [0.1, 0.15) is 12.6 Å². The number of carbonyl (C=O) groups excluding carboxylic acids is 1. The van der Waals surface area contributed by atoms with Crippen molar-refractivity contribution in [3.05, 3.63) is 16.6 Å². The molecule has 1 rings (SSSR count). The zero-order valence-corrected chi connectivity index (χ0v) is 9.86. The van der Waals surface area contributed by atoms with Crippen molar-refractivity contribution in [3.63, 3.8) is 0 Å². The second kappa shape index (κ2) is 5.01. The Kier molecular flexibility index (Phi) is 4.10. The van der Waals surface area contributed by atoms with E-state index in [0.29, 0.717) is 13.3 Å². The van der Waals surface area contributed by atoms with Gasteiger partial charge in [-0.2, -0.15) is 13.2 Å². The lowest BCUT2D eigenvalue weighted by Gasteiger charge is -2.26. The molecule has 17 heavy (non-hydrogen) atoms. The molecule has 0 aliphatic rings. The topological polar surface area (TPSA) is 68.0 Å². The van der Waals surface area contributed by atoms with E-state index >= 15 is 0 Å². The van der Waals surface area contributed by atoms with Crippen LogP contribution in [-0.2, 0) is 11.2 Å². The molecule has 0 spiro atoms. The quantitative estimate of drug-likeness (QED) is 0.857. The number of nitrogens with zero attached hydrogens (tertiary/aromatic N) is 1. The van der Waals surface area contributed by atoms with Crippen molar-refractivity contribution in [1.82, 2.24) is 10.3 Å². The molecule has 1 aromatic heterocycles. The molecule has 8 heteroatoms. The summed E-state index contributed by atoms with van der Waals surface area (Å²) < 4.78 is 37.2. The van der Waals surface area contributed by atoms with Crippen molar-refractivity contribution in [2.45, 2.75) is 25.1 Å². The van der Waals surface area contributed by atoms with E-state index < -0.39 is 17.6 Å². The highest BCUT2D eigenvalue weighted by Crippen LogP contribution is 2.27. The minimum Gasteiger partial charge on any atom is -0.354 e. The second-order valence-electron chi connectivity index (χ2n) is 3.69. The molecule has 0 aromatic carbocycles. The lowest BCUT2D eigenvalue weighted by molar-refractivity contribution is -0.187. The van der Waals surface area contributed by atoms with Crippen LogP contribution in [0.2, 0.25) is 0 Å². The van der Waals surface area contributed by atoms with Gasteiger partial charge in [-0.3, -0.25) is 4.79 Å². The number of hydrogen-bond acceptors (Lipinski definition) is 4. The molecule has 0 aliphatic carbocycles. The SMILES string of the molecule is CC(N)(C(=O)NCCc1cscn1)C(F)(F)F. The highest BCUT2D eigenvalue weighted by molar-refractivity contribution is 7.07. The normalized spacial score (nSPS) is 15.4. The van der Waals surface area contributed by atoms with Gasteiger partial charge in [0, 0.05) is 18.3 Å². The van der Waals surface area contributed by atoms with Crippen LogP contribution in [0, 0.1) is 0 Å². The van der Waals surface area contributed by atoms with Crippen LogP contribution >= 0.6 is 11.3 Å². The molecule has 0 radical (unpaired) electrons. The Bertz CT molecular complexity index is 375. The van der Waals surface area contributed by atoms with Crippen molar-refractivity contribution in [3.8, 4) is 0 Å². The Morgan fingerprint density at radius 3 is 2.71 bits per heavy atom. The Balaban J connectivity index is 2.45. The maximum atomic E-state index is 12.4. The second-order valence-corrected chi connectivity index (χ2v) is 4.40. The molecule has 1 atom stereocenters. The third-order valence-corrected chi connectivity index (χ3v) is 2.85. The maximum absolute atomic E-state index is 12.4. The van der Waals surface area contributed by atoms with E-state index in [1.807, 2.05) is 0 Å². The van der Waals surface area contributed by atoms with Gasteiger partial charge in [-0.05, 0) is 6.92 Å². The average molecular weight is 267 g/mol. The fourth-order valence-corrected chi connectivity index (χ4v) is 1.57. The van der Waals surface area contributed by atoms with Gasteiger partial charge in [0.2, 0.25) is 5.91 Å². The molecule has 4 nitrogen and oxygen atoms in total. The van der Waals surface area contributed by atoms with Gasteiger partial charge in [-0.25, -0.2) is 4.98 Å². The van der Waals surface area contributed by atoms with Gasteiger partial charge in [-0.15, -0.1) is 11.3 Å². The zero-order valence-electron chi connectivity index (χ0n) is 9.04. The Morgan fingerprint density at radius 2 is 2.24 bits per heavy atom. The van der Waals surface area contributed by atoms with Crippen LogP contribution in [0.3, 0.4) is 0 Å². The summed E-state index contributed by atoms with van der Waals surface area (Å²) in [6.07, 6.45) is -4.39. The summed E-state index contributed by atoms with van der Waals surface area (Å²) in [6.45, 7) is 0.719. The number of thiazole rings is 1. The number of nitrogens with one attached hydrogen (secondary N) is 1. The molecule has 3 N–H and O–H groups in total. The number of halogens is 3. The number of amides is 1. The third kappa shape index (κ3) is 3.40. The van der Waals surface area contributed by atoms with E-state index in [-0.39, 0.29) is 6.54 Å². The summed E-state index contributed by atoms with van der Waals surface area (Å²) in [4.78, 5) is 15.2. The highest BCUT2D eigenvalue weighted by atomic mass is 32.1. The van der Waals surface area contributed by atoms with Crippen LogP contribution in [0.4, 0.5) is 13.2 Å². The predicted octanol–water partition coefficient (Wildman–Crippen LogP) is 1.08. The van der Waals surface area contributed by atoms with Crippen LogP contribution < -0.4 is 11.1 Å². The van der Waals surface area contributed by atoms with Gasteiger partial charge >= 0.3 is 6.18 Å². The van der Waals surface area contributed by atoms with Crippen LogP contribution in [0.15, 0.2) is 10.9 Å². The fourth-order valence-electron chi connectivity index (χ4n) is 0.977. The van der Waals surface area contributed by atoms with Crippen molar-refractivity contribution in [2.24, 2.45) is 5.73 Å². The van der Waals surface area contributed by atoms with Crippen LogP contribution in [-0.4, -0.2) is 29.2 Å².